The van der Waals surface area contributed by atoms with Gasteiger partial charge < -0.3 is 15.0 Å². The van der Waals surface area contributed by atoms with Gasteiger partial charge in [0.05, 0.1) is 0 Å². The first kappa shape index (κ1) is 33.8. The van der Waals surface area contributed by atoms with Gasteiger partial charge in [-0.15, -0.1) is 0 Å². The van der Waals surface area contributed by atoms with Crippen molar-refractivity contribution in [2.24, 2.45) is 5.41 Å². The molecule has 1 heterocycles. The third-order valence-electron chi connectivity index (χ3n) is 10.0. The number of anilines is 2. The average molecular weight is 678 g/mol. The van der Waals surface area contributed by atoms with Crippen molar-refractivity contribution < 1.29 is 19.1 Å². The molecule has 51 heavy (non-hydrogen) atoms. The van der Waals surface area contributed by atoms with Crippen LogP contribution in [0.3, 0.4) is 0 Å². The number of para-hydroxylation sites is 1. The fourth-order valence-corrected chi connectivity index (χ4v) is 7.42. The lowest BCUT2D eigenvalue weighted by molar-refractivity contribution is -0.141. The summed E-state index contributed by atoms with van der Waals surface area (Å²) in [5, 5.41) is 2.90. The van der Waals surface area contributed by atoms with Gasteiger partial charge in [0.2, 0.25) is 5.91 Å². The van der Waals surface area contributed by atoms with Crippen molar-refractivity contribution in [1.29, 1.82) is 0 Å². The predicted molar refractivity (Wildman–Crippen MR) is 202 cm³/mol. The summed E-state index contributed by atoms with van der Waals surface area (Å²) < 4.78 is 5.85. The lowest BCUT2D eigenvalue weighted by atomic mass is 9.85. The van der Waals surface area contributed by atoms with Crippen LogP contribution in [-0.2, 0) is 14.3 Å². The number of likely N-dealkylation sites (tertiary alicyclic amines) is 1. The molecule has 0 unspecified atom stereocenters. The molecule has 1 fully saturated rings. The zero-order valence-electron chi connectivity index (χ0n) is 29.3. The number of ether oxygens (including phenoxy) is 1. The summed E-state index contributed by atoms with van der Waals surface area (Å²) in [5.41, 5.74) is 7.45. The maximum absolute atomic E-state index is 14.6. The van der Waals surface area contributed by atoms with E-state index in [9.17, 15) is 14.4 Å². The van der Waals surface area contributed by atoms with Crippen molar-refractivity contribution in [1.82, 2.24) is 10.2 Å². The minimum absolute atomic E-state index is 0.0988. The number of carbonyl (C=O) groups excluding carboxylic acids is 3. The van der Waals surface area contributed by atoms with Crippen LogP contribution < -0.4 is 10.2 Å². The Morgan fingerprint density at radius 1 is 0.725 bits per heavy atom. The maximum Gasteiger partial charge on any atom is 0.407 e. The van der Waals surface area contributed by atoms with Crippen LogP contribution in [0.25, 0.3) is 22.3 Å². The predicted octanol–water partition coefficient (Wildman–Crippen LogP) is 8.96. The quantitative estimate of drug-likeness (QED) is 0.178. The molecule has 7 rings (SSSR count). The van der Waals surface area contributed by atoms with Gasteiger partial charge >= 0.3 is 6.09 Å². The standard InChI is InChI=1S/C44H43N3O4/c1-44(2,3)40(45-43(50)51-29-38-36-21-12-10-19-34(36)35-20-11-13-22-37(35)38)42(49)46-28-14-23-39(46)41(48)47(32-17-8-5-9-18-32)33-26-24-31(25-27-33)30-15-6-4-7-16-30/h4-13,15-22,24-27,38-40H,14,23,28-29H2,1-3H3,(H,45,50)/t39-,40+/m0/s1. The van der Waals surface area contributed by atoms with Gasteiger partial charge in [-0.1, -0.05) is 130 Å². The van der Waals surface area contributed by atoms with Crippen LogP contribution in [0.2, 0.25) is 0 Å². The van der Waals surface area contributed by atoms with Crippen LogP contribution in [-0.4, -0.2) is 48.0 Å². The molecule has 2 aliphatic rings. The van der Waals surface area contributed by atoms with E-state index in [0.29, 0.717) is 25.1 Å². The molecule has 0 radical (unpaired) electrons. The lowest BCUT2D eigenvalue weighted by Gasteiger charge is -2.36. The van der Waals surface area contributed by atoms with Crippen LogP contribution in [0.4, 0.5) is 16.2 Å². The number of hydrogen-bond donors (Lipinski definition) is 1. The number of benzene rings is 5. The number of amides is 3. The summed E-state index contributed by atoms with van der Waals surface area (Å²) in [6.45, 7) is 6.30. The Hall–Kier alpha value is -5.69. The highest BCUT2D eigenvalue weighted by Crippen LogP contribution is 2.44. The Balaban J connectivity index is 1.09. The highest BCUT2D eigenvalue weighted by molar-refractivity contribution is 6.05. The maximum atomic E-state index is 14.6. The minimum atomic E-state index is -0.906. The van der Waals surface area contributed by atoms with E-state index in [1.807, 2.05) is 118 Å². The molecule has 1 N–H and O–H groups in total. The highest BCUT2D eigenvalue weighted by atomic mass is 16.5. The molecule has 0 bridgehead atoms. The lowest BCUT2D eigenvalue weighted by Crippen LogP contribution is -2.57. The molecule has 3 amide bonds. The van der Waals surface area contributed by atoms with Crippen LogP contribution in [0.5, 0.6) is 0 Å². The first-order chi connectivity index (χ1) is 24.7. The number of hydrogen-bond acceptors (Lipinski definition) is 4. The van der Waals surface area contributed by atoms with Crippen molar-refractivity contribution in [2.45, 2.75) is 51.6 Å². The van der Waals surface area contributed by atoms with E-state index >= 15 is 0 Å². The molecule has 7 nitrogen and oxygen atoms in total. The second kappa shape index (κ2) is 14.3. The van der Waals surface area contributed by atoms with E-state index < -0.39 is 23.6 Å². The number of rotatable bonds is 8. The van der Waals surface area contributed by atoms with Crippen molar-refractivity contribution in [3.8, 4) is 22.3 Å². The van der Waals surface area contributed by atoms with E-state index in [1.165, 1.54) is 0 Å². The molecule has 1 aliphatic carbocycles. The highest BCUT2D eigenvalue weighted by Gasteiger charge is 2.44. The summed E-state index contributed by atoms with van der Waals surface area (Å²) in [6.07, 6.45) is 0.550. The summed E-state index contributed by atoms with van der Waals surface area (Å²) in [5.74, 6) is -0.578. The first-order valence-corrected chi connectivity index (χ1v) is 17.7. The number of alkyl carbamates (subject to hydrolysis) is 1. The zero-order valence-corrected chi connectivity index (χ0v) is 29.3. The molecule has 5 aromatic rings. The fraction of sp³-hybridized carbons (Fsp3) is 0.250. The molecule has 0 aromatic heterocycles. The molecule has 258 valence electrons. The number of fused-ring (bicyclic) bond motifs is 3. The van der Waals surface area contributed by atoms with E-state index in [2.05, 4.69) is 41.7 Å². The molecule has 7 heteroatoms. The summed E-state index contributed by atoms with van der Waals surface area (Å²) in [4.78, 5) is 45.8. The molecule has 0 spiro atoms. The molecule has 5 aromatic carbocycles. The van der Waals surface area contributed by atoms with Crippen LogP contribution in [0, 0.1) is 5.41 Å². The molecule has 0 saturated carbocycles. The van der Waals surface area contributed by atoms with Gasteiger partial charge in [-0.3, -0.25) is 14.5 Å². The Morgan fingerprint density at radius 2 is 1.25 bits per heavy atom. The van der Waals surface area contributed by atoms with Gasteiger partial charge in [0.25, 0.3) is 5.91 Å². The Kier molecular flexibility index (Phi) is 9.46. The Morgan fingerprint density at radius 3 is 1.86 bits per heavy atom. The van der Waals surface area contributed by atoms with Crippen LogP contribution in [0.15, 0.2) is 133 Å². The van der Waals surface area contributed by atoms with Gasteiger partial charge in [-0.05, 0) is 75.9 Å². The van der Waals surface area contributed by atoms with Gasteiger partial charge in [-0.25, -0.2) is 4.79 Å². The van der Waals surface area contributed by atoms with E-state index in [0.717, 1.165) is 39.1 Å². The van der Waals surface area contributed by atoms with Crippen molar-refractivity contribution in [3.63, 3.8) is 0 Å². The minimum Gasteiger partial charge on any atom is -0.449 e. The monoisotopic (exact) mass is 677 g/mol. The summed E-state index contributed by atoms with van der Waals surface area (Å²) >= 11 is 0. The molecule has 1 saturated heterocycles. The van der Waals surface area contributed by atoms with Crippen molar-refractivity contribution in [2.75, 3.05) is 18.1 Å². The average Bonchev–Trinajstić information content (AvgIpc) is 3.77. The van der Waals surface area contributed by atoms with Gasteiger partial charge in [0.15, 0.2) is 0 Å². The number of carbonyl (C=O) groups is 3. The third kappa shape index (κ3) is 6.89. The fourth-order valence-electron chi connectivity index (χ4n) is 7.42. The summed E-state index contributed by atoms with van der Waals surface area (Å²) in [6, 6.07) is 42.3. The van der Waals surface area contributed by atoms with E-state index in [4.69, 9.17) is 4.74 Å². The van der Waals surface area contributed by atoms with Crippen LogP contribution in [0.1, 0.15) is 50.7 Å². The molecule has 1 aliphatic heterocycles. The summed E-state index contributed by atoms with van der Waals surface area (Å²) in [7, 11) is 0. The smallest absolute Gasteiger partial charge is 0.407 e. The number of nitrogens with zero attached hydrogens (tertiary/aromatic N) is 2. The zero-order chi connectivity index (χ0) is 35.5. The van der Waals surface area contributed by atoms with E-state index in [-0.39, 0.29) is 24.3 Å². The third-order valence-corrected chi connectivity index (χ3v) is 10.0. The largest absolute Gasteiger partial charge is 0.449 e. The SMILES string of the molecule is CC(C)(C)[C@H](NC(=O)OCC1c2ccccc2-c2ccccc21)C(=O)N1CCC[C@H]1C(=O)N(c1ccccc1)c1ccc(-c2ccccc2)cc1. The van der Waals surface area contributed by atoms with Crippen molar-refractivity contribution in [3.05, 3.63) is 145 Å². The van der Waals surface area contributed by atoms with Gasteiger partial charge in [-0.2, -0.15) is 0 Å². The Labute approximate surface area is 299 Å². The van der Waals surface area contributed by atoms with E-state index in [1.54, 1.807) is 9.80 Å². The van der Waals surface area contributed by atoms with Crippen molar-refractivity contribution >= 4 is 29.3 Å². The normalized spacial score (nSPS) is 15.8. The van der Waals surface area contributed by atoms with Gasteiger partial charge in [0, 0.05) is 23.8 Å². The Bertz CT molecular complexity index is 1980. The molecule has 2 atom stereocenters. The first-order valence-electron chi connectivity index (χ1n) is 17.7. The topological polar surface area (TPSA) is 79.0 Å². The number of nitrogens with one attached hydrogen (secondary N) is 1. The van der Waals surface area contributed by atoms with Crippen LogP contribution >= 0.6 is 0 Å². The van der Waals surface area contributed by atoms with Gasteiger partial charge in [0.1, 0.15) is 18.7 Å². The second-order valence-electron chi connectivity index (χ2n) is 14.4. The molecular weight excluding hydrogens is 635 g/mol. The second-order valence-corrected chi connectivity index (χ2v) is 14.4. The molecular formula is C44H43N3O4.